The summed E-state index contributed by atoms with van der Waals surface area (Å²) in [5.41, 5.74) is 12.3. The van der Waals surface area contributed by atoms with Crippen LogP contribution < -0.4 is 35.3 Å². The van der Waals surface area contributed by atoms with Crippen LogP contribution in [-0.4, -0.2) is 60.3 Å². The second-order valence-corrected chi connectivity index (χ2v) is 28.9. The highest BCUT2D eigenvalue weighted by Crippen LogP contribution is 2.32. The van der Waals surface area contributed by atoms with Crippen molar-refractivity contribution in [2.75, 3.05) is 40.5 Å². The van der Waals surface area contributed by atoms with Gasteiger partial charge in [0.05, 0.1) is 28.5 Å². The molecule has 0 saturated carbocycles. The van der Waals surface area contributed by atoms with E-state index in [0.29, 0.717) is 60.6 Å². The van der Waals surface area contributed by atoms with E-state index in [1.54, 1.807) is 55.5 Å². The van der Waals surface area contributed by atoms with E-state index in [2.05, 4.69) is 129 Å². The Hall–Kier alpha value is -8.32. The van der Waals surface area contributed by atoms with Crippen molar-refractivity contribution in [3.8, 4) is 11.5 Å². The first-order valence-electron chi connectivity index (χ1n) is 32.9. The third-order valence-electron chi connectivity index (χ3n) is 15.2. The third kappa shape index (κ3) is 27.9. The molecule has 0 bridgehead atoms. The maximum Gasteiger partial charge on any atom is 0.411 e. The second-order valence-electron chi connectivity index (χ2n) is 25.7. The number of ketones is 1. The van der Waals surface area contributed by atoms with E-state index in [-0.39, 0.29) is 40.6 Å². The largest absolute Gasteiger partial charge is 0.486 e. The number of amides is 3. The van der Waals surface area contributed by atoms with Crippen molar-refractivity contribution in [1.82, 2.24) is 0 Å². The monoisotopic (exact) mass is 1340 g/mol. The fourth-order valence-electron chi connectivity index (χ4n) is 9.38. The molecule has 6 N–H and O–H groups in total. The molecule has 0 unspecified atom stereocenters. The first kappa shape index (κ1) is 79.1. The fraction of sp³-hybridized carbons (Fsp3) is 0.403. The molecule has 3 aliphatic rings. The molecule has 0 aromatic heterocycles. The number of hydrogen-bond acceptors (Lipinski definition) is 11. The van der Waals surface area contributed by atoms with Crippen LogP contribution in [0.25, 0.3) is 0 Å². The average molecular weight is 1340 g/mol. The number of nitrogens with one attached hydrogen (secondary N) is 4. The van der Waals surface area contributed by atoms with Gasteiger partial charge in [0, 0.05) is 29.0 Å². The number of carbonyl (C=O) groups is 4. The predicted molar refractivity (Wildman–Crippen MR) is 387 cm³/mol. The van der Waals surface area contributed by atoms with Crippen LogP contribution in [0.5, 0.6) is 11.5 Å². The summed E-state index contributed by atoms with van der Waals surface area (Å²) in [6.07, 6.45) is 4.80. The molecule has 3 heterocycles. The van der Waals surface area contributed by atoms with Crippen molar-refractivity contribution in [3.05, 3.63) is 202 Å². The molecule has 7 aromatic carbocycles. The Balaban J connectivity index is 0.000000239. The van der Waals surface area contributed by atoms with Crippen molar-refractivity contribution in [2.45, 2.75) is 188 Å². The summed E-state index contributed by atoms with van der Waals surface area (Å²) in [5.74, 6) is 5.33. The highest BCUT2D eigenvalue weighted by molar-refractivity contribution is 7.92. The summed E-state index contributed by atoms with van der Waals surface area (Å²) < 4.78 is 64.3. The van der Waals surface area contributed by atoms with Gasteiger partial charge in [-0.1, -0.05) is 208 Å². The number of rotatable bonds is 15. The first-order valence-corrected chi connectivity index (χ1v) is 35.9. The molecule has 0 radical (unpaired) electrons. The zero-order valence-corrected chi connectivity index (χ0v) is 60.2. The molecule has 10 rings (SSSR count). The highest BCUT2D eigenvalue weighted by Gasteiger charge is 2.20. The number of benzene rings is 7. The molecule has 0 saturated heterocycles. The number of anilines is 4. The van der Waals surface area contributed by atoms with Crippen LogP contribution in [0, 0.1) is 5.92 Å². The van der Waals surface area contributed by atoms with Gasteiger partial charge in [-0.25, -0.2) is 26.8 Å². The van der Waals surface area contributed by atoms with Gasteiger partial charge in [0.1, 0.15) is 18.1 Å². The van der Waals surface area contributed by atoms with Gasteiger partial charge in [0.25, 0.3) is 15.9 Å². The number of ether oxygens (including phenoxy) is 3. The zero-order chi connectivity index (χ0) is 70.6. The number of carbonyl (C=O) groups excluding carboxylic acids is 4. The summed E-state index contributed by atoms with van der Waals surface area (Å²) in [6.45, 7) is 34.5. The molecule has 7 aromatic rings. The molecule has 514 valence electrons. The molecule has 3 aliphatic heterocycles. The molecule has 16 nitrogen and oxygen atoms in total. The van der Waals surface area contributed by atoms with Crippen LogP contribution in [0.3, 0.4) is 0 Å². The van der Waals surface area contributed by atoms with E-state index >= 15 is 0 Å². The predicted octanol–water partition coefficient (Wildman–Crippen LogP) is 18.0. The van der Waals surface area contributed by atoms with Crippen molar-refractivity contribution in [1.29, 1.82) is 0 Å². The number of nitrogens with two attached hydrogens (primary N) is 1. The number of hydrogen-bond donors (Lipinski definition) is 5. The Labute approximate surface area is 567 Å². The Morgan fingerprint density at radius 3 is 1.51 bits per heavy atom. The lowest BCUT2D eigenvalue weighted by molar-refractivity contribution is -0.121. The first-order chi connectivity index (χ1) is 44.8. The van der Waals surface area contributed by atoms with Gasteiger partial charge >= 0.3 is 6.09 Å². The smallest absolute Gasteiger partial charge is 0.411 e. The maximum absolute atomic E-state index is 12.2. The Morgan fingerprint density at radius 2 is 0.968 bits per heavy atom. The van der Waals surface area contributed by atoms with Crippen LogP contribution in [0.1, 0.15) is 210 Å². The van der Waals surface area contributed by atoms with Crippen molar-refractivity contribution in [3.63, 3.8) is 0 Å². The lowest BCUT2D eigenvalue weighted by atomic mass is 9.98. The molecule has 0 fully saturated rings. The molecular formula is C77H103N5O11S2. The minimum Gasteiger partial charge on any atom is -0.486 e. The van der Waals surface area contributed by atoms with E-state index in [0.717, 1.165) is 56.7 Å². The summed E-state index contributed by atoms with van der Waals surface area (Å²) >= 11 is 0. The molecule has 0 spiro atoms. The van der Waals surface area contributed by atoms with Crippen molar-refractivity contribution >= 4 is 66.5 Å². The average Bonchev–Trinajstić information content (AvgIpc) is 1.78. The molecule has 0 aliphatic carbocycles. The van der Waals surface area contributed by atoms with Crippen LogP contribution in [0.2, 0.25) is 0 Å². The van der Waals surface area contributed by atoms with Gasteiger partial charge in [-0.2, -0.15) is 0 Å². The topological polar surface area (TPSA) is 238 Å². The minimum atomic E-state index is -3.56. The SMILES string of the molecule is CC(C)c1ccc2c(c1)NC(=O)C2.CC(C)c1ccc2c(c1)NC(=O)CO2.CC(C)c1ccc2c(c1)OCC(=O)C2.CC(C)c1cccc(NS(=O)(=O)c2ccccc2)c1.CC(C)c1cccc(S(N)(=O)=O)c1.CCCCC(C)C.CCOC(=O)Nc1cccc(C(C)C)c1. The van der Waals surface area contributed by atoms with Gasteiger partial charge < -0.3 is 24.8 Å². The third-order valence-corrected chi connectivity index (χ3v) is 17.5. The second kappa shape index (κ2) is 38.9. The van der Waals surface area contributed by atoms with E-state index in [1.165, 1.54) is 47.6 Å². The van der Waals surface area contributed by atoms with Crippen LogP contribution in [-0.2, 0) is 52.0 Å². The van der Waals surface area contributed by atoms with Crippen LogP contribution in [0.15, 0.2) is 168 Å². The molecule has 18 heteroatoms. The normalized spacial score (nSPS) is 12.7. The molecule has 95 heavy (non-hydrogen) atoms. The van der Waals surface area contributed by atoms with E-state index < -0.39 is 26.1 Å². The maximum atomic E-state index is 12.2. The Kier molecular flexibility index (Phi) is 32.4. The molecule has 3 amide bonds. The van der Waals surface area contributed by atoms with Crippen molar-refractivity contribution < 1.29 is 50.2 Å². The highest BCUT2D eigenvalue weighted by atomic mass is 32.2. The quantitative estimate of drug-likeness (QED) is 0.0647. The number of unbranched alkanes of at least 4 members (excludes halogenated alkanes) is 1. The number of primary sulfonamides is 1. The summed E-state index contributed by atoms with van der Waals surface area (Å²) in [6, 6.07) is 48.6. The number of fused-ring (bicyclic) bond motifs is 3. The summed E-state index contributed by atoms with van der Waals surface area (Å²) in [7, 11) is -7.06. The zero-order valence-electron chi connectivity index (χ0n) is 58.6. The molecular weight excluding hydrogens is 1240 g/mol. The minimum absolute atomic E-state index is 0.0848. The lowest BCUT2D eigenvalue weighted by Crippen LogP contribution is -2.25. The number of sulfonamides is 2. The summed E-state index contributed by atoms with van der Waals surface area (Å²) in [5, 5.41) is 13.3. The van der Waals surface area contributed by atoms with Gasteiger partial charge in [0.15, 0.2) is 12.4 Å². The van der Waals surface area contributed by atoms with E-state index in [9.17, 15) is 36.0 Å². The number of Topliss-reactive ketones (excluding diaryl/α,β-unsaturated/α-hetero) is 1. The fourth-order valence-corrected chi connectivity index (χ4v) is 11.0. The van der Waals surface area contributed by atoms with Crippen LogP contribution in [0.4, 0.5) is 27.5 Å². The summed E-state index contributed by atoms with van der Waals surface area (Å²) in [4.78, 5) is 44.9. The Morgan fingerprint density at radius 1 is 0.495 bits per heavy atom. The van der Waals surface area contributed by atoms with Crippen molar-refractivity contribution in [2.24, 2.45) is 11.1 Å². The van der Waals surface area contributed by atoms with E-state index in [4.69, 9.17) is 19.3 Å². The Bertz CT molecular complexity index is 3830. The lowest BCUT2D eigenvalue weighted by Gasteiger charge is -2.19. The van der Waals surface area contributed by atoms with Gasteiger partial charge in [-0.3, -0.25) is 24.4 Å². The standard InChI is InChI=1S/C15H17NO2S.C12H17NO2.C12H14O2.C11H13NO2.C11H13NO.C9H13NO2S.C7H16/c1-12(2)13-7-6-8-14(11-13)16-19(17,18)15-9-4-3-5-10-15;1-4-15-12(14)13-11-7-5-6-10(8-11)9(2)3;1-8(2)9-3-4-10-5-11(13)7-14-12(10)6-9;1-7(2)8-3-4-10-9(5-8)12-11(13)6-14-10;1-7(2)8-3-4-9-6-11(13)12-10(9)5-8;1-7(2)8-4-3-5-9(6-8)13(10,11)12;1-4-5-6-7(2)3/h3-12,16H,1-2H3;5-9H,4H2,1-3H3,(H,13,14);3-4,6,8H,5,7H2,1-2H3;3-5,7H,6H2,1-2H3,(H,12,13);3-5,7H,6H2,1-2H3,(H,12,13);3-7H,1-2H3,(H2,10,11,12);7H,4-6H2,1-3H3. The van der Waals surface area contributed by atoms with Gasteiger partial charge in [-0.05, 0) is 160 Å². The molecule has 0 atom stereocenters. The van der Waals surface area contributed by atoms with Gasteiger partial charge in [0.2, 0.25) is 15.9 Å². The van der Waals surface area contributed by atoms with Crippen LogP contribution >= 0.6 is 0 Å². The van der Waals surface area contributed by atoms with Gasteiger partial charge in [-0.15, -0.1) is 0 Å². The van der Waals surface area contributed by atoms with E-state index in [1.807, 2.05) is 98.8 Å².